The Morgan fingerprint density at radius 1 is 1.32 bits per heavy atom. The minimum atomic E-state index is -0.430. The van der Waals surface area contributed by atoms with Crippen molar-refractivity contribution in [1.29, 1.82) is 0 Å². The van der Waals surface area contributed by atoms with Gasteiger partial charge in [-0.2, -0.15) is 0 Å². The number of amides is 1. The first-order chi connectivity index (χ1) is 13.5. The van der Waals surface area contributed by atoms with E-state index in [2.05, 4.69) is 4.98 Å². The lowest BCUT2D eigenvalue weighted by Gasteiger charge is -2.19. The number of anilines is 1. The molecule has 1 amide bonds. The molecular weight excluding hydrogens is 394 g/mol. The Kier molecular flexibility index (Phi) is 5.15. The summed E-state index contributed by atoms with van der Waals surface area (Å²) in [6, 6.07) is 12.2. The number of thioether (sulfide) groups is 1. The molecule has 2 aromatic carbocycles. The van der Waals surface area contributed by atoms with Crippen LogP contribution in [0.1, 0.15) is 26.6 Å². The van der Waals surface area contributed by atoms with Gasteiger partial charge in [-0.1, -0.05) is 18.2 Å². The molecule has 1 aliphatic heterocycles. The molecule has 0 unspecified atom stereocenters. The maximum atomic E-state index is 13.3. The number of benzene rings is 2. The van der Waals surface area contributed by atoms with E-state index in [0.717, 1.165) is 21.2 Å². The van der Waals surface area contributed by atoms with Crippen molar-refractivity contribution in [2.75, 3.05) is 11.4 Å². The summed E-state index contributed by atoms with van der Waals surface area (Å²) in [6.07, 6.45) is 0.701. The number of nitro benzene ring substituents is 1. The summed E-state index contributed by atoms with van der Waals surface area (Å²) in [5.74, 6) is 0.563. The second kappa shape index (κ2) is 7.73. The molecule has 1 aromatic heterocycles. The second-order valence-corrected chi connectivity index (χ2v) is 8.50. The molecule has 0 radical (unpaired) electrons. The lowest BCUT2D eigenvalue weighted by atomic mass is 10.1. The number of nitrogens with zero attached hydrogens (tertiary/aromatic N) is 3. The predicted molar refractivity (Wildman–Crippen MR) is 111 cm³/mol. The minimum Gasteiger partial charge on any atom is -0.307 e. The van der Waals surface area contributed by atoms with Crippen LogP contribution in [-0.4, -0.2) is 22.4 Å². The highest BCUT2D eigenvalue weighted by Gasteiger charge is 2.28. The molecule has 8 heteroatoms. The zero-order valence-electron chi connectivity index (χ0n) is 15.1. The highest BCUT2D eigenvalue weighted by molar-refractivity contribution is 7.98. The molecule has 0 N–H and O–H groups in total. The Hall–Kier alpha value is -2.71. The Morgan fingerprint density at radius 3 is 2.89 bits per heavy atom. The van der Waals surface area contributed by atoms with Crippen molar-refractivity contribution >= 4 is 40.4 Å². The predicted octanol–water partition coefficient (Wildman–Crippen LogP) is 4.85. The van der Waals surface area contributed by atoms with E-state index in [1.807, 2.05) is 36.6 Å². The zero-order valence-corrected chi connectivity index (χ0v) is 16.8. The van der Waals surface area contributed by atoms with Crippen LogP contribution in [0.5, 0.6) is 0 Å². The van der Waals surface area contributed by atoms with Crippen LogP contribution in [0.15, 0.2) is 52.7 Å². The van der Waals surface area contributed by atoms with Crippen LogP contribution in [0.2, 0.25) is 0 Å². The average Bonchev–Trinajstić information content (AvgIpc) is 3.31. The molecular formula is C20H17N3O3S2. The number of rotatable bonds is 5. The first kappa shape index (κ1) is 18.6. The van der Waals surface area contributed by atoms with Gasteiger partial charge in [0.15, 0.2) is 0 Å². The SMILES string of the molecule is Cc1nc(CSc2ccccc2C(=O)N2CCc3ccc([N+](=O)[O-])cc32)cs1. The minimum absolute atomic E-state index is 0.0000112. The van der Waals surface area contributed by atoms with Gasteiger partial charge in [0.1, 0.15) is 0 Å². The lowest BCUT2D eigenvalue weighted by molar-refractivity contribution is -0.384. The third-order valence-electron chi connectivity index (χ3n) is 4.58. The van der Waals surface area contributed by atoms with Crippen LogP contribution in [0.3, 0.4) is 0 Å². The van der Waals surface area contributed by atoms with Gasteiger partial charge in [-0.3, -0.25) is 14.9 Å². The van der Waals surface area contributed by atoms with E-state index >= 15 is 0 Å². The van der Waals surface area contributed by atoms with E-state index < -0.39 is 4.92 Å². The Morgan fingerprint density at radius 2 is 2.14 bits per heavy atom. The van der Waals surface area contributed by atoms with Crippen LogP contribution in [-0.2, 0) is 12.2 Å². The van der Waals surface area contributed by atoms with Crippen LogP contribution in [0.4, 0.5) is 11.4 Å². The molecule has 0 atom stereocenters. The van der Waals surface area contributed by atoms with E-state index in [-0.39, 0.29) is 11.6 Å². The molecule has 28 heavy (non-hydrogen) atoms. The van der Waals surface area contributed by atoms with Gasteiger partial charge in [0.2, 0.25) is 0 Å². The van der Waals surface area contributed by atoms with Gasteiger partial charge in [0, 0.05) is 34.7 Å². The summed E-state index contributed by atoms with van der Waals surface area (Å²) < 4.78 is 0. The number of carbonyl (C=O) groups excluding carboxylic acids is 1. The van der Waals surface area contributed by atoms with E-state index in [1.54, 1.807) is 34.1 Å². The monoisotopic (exact) mass is 411 g/mol. The van der Waals surface area contributed by atoms with Gasteiger partial charge < -0.3 is 4.90 Å². The second-order valence-electron chi connectivity index (χ2n) is 6.42. The molecule has 0 spiro atoms. The fourth-order valence-electron chi connectivity index (χ4n) is 3.23. The normalized spacial score (nSPS) is 12.8. The van der Waals surface area contributed by atoms with Crippen molar-refractivity contribution in [2.45, 2.75) is 24.0 Å². The number of fused-ring (bicyclic) bond motifs is 1. The van der Waals surface area contributed by atoms with Gasteiger partial charge in [-0.15, -0.1) is 23.1 Å². The summed E-state index contributed by atoms with van der Waals surface area (Å²) in [4.78, 5) is 30.9. The molecule has 142 valence electrons. The molecule has 1 aliphatic rings. The molecule has 6 nitrogen and oxygen atoms in total. The number of aryl methyl sites for hydroxylation is 1. The van der Waals surface area contributed by atoms with Crippen LogP contribution >= 0.6 is 23.1 Å². The maximum Gasteiger partial charge on any atom is 0.271 e. The van der Waals surface area contributed by atoms with E-state index in [9.17, 15) is 14.9 Å². The number of hydrogen-bond donors (Lipinski definition) is 0. The van der Waals surface area contributed by atoms with Crippen LogP contribution in [0, 0.1) is 17.0 Å². The fraction of sp³-hybridized carbons (Fsp3) is 0.200. The summed E-state index contributed by atoms with van der Waals surface area (Å²) in [5, 5.41) is 14.2. The molecule has 0 fully saturated rings. The summed E-state index contributed by atoms with van der Waals surface area (Å²) in [5.41, 5.74) is 3.20. The topological polar surface area (TPSA) is 76.3 Å². The van der Waals surface area contributed by atoms with Crippen LogP contribution < -0.4 is 4.90 Å². The van der Waals surface area contributed by atoms with E-state index in [0.29, 0.717) is 30.0 Å². The molecule has 2 heterocycles. The van der Waals surface area contributed by atoms with Crippen molar-refractivity contribution in [2.24, 2.45) is 0 Å². The molecule has 0 saturated carbocycles. The molecule has 0 aliphatic carbocycles. The smallest absolute Gasteiger partial charge is 0.271 e. The quantitative estimate of drug-likeness (QED) is 0.341. The first-order valence-electron chi connectivity index (χ1n) is 8.75. The zero-order chi connectivity index (χ0) is 19.7. The van der Waals surface area contributed by atoms with Crippen molar-refractivity contribution in [1.82, 2.24) is 4.98 Å². The molecule has 3 aromatic rings. The number of aromatic nitrogens is 1. The first-order valence-corrected chi connectivity index (χ1v) is 10.6. The highest BCUT2D eigenvalue weighted by atomic mass is 32.2. The van der Waals surface area contributed by atoms with Crippen molar-refractivity contribution < 1.29 is 9.72 Å². The number of non-ortho nitro benzene ring substituents is 1. The van der Waals surface area contributed by atoms with Crippen molar-refractivity contribution in [3.63, 3.8) is 0 Å². The van der Waals surface area contributed by atoms with Crippen molar-refractivity contribution in [3.05, 3.63) is 79.8 Å². The molecule has 0 bridgehead atoms. The van der Waals surface area contributed by atoms with Gasteiger partial charge in [0.25, 0.3) is 11.6 Å². The Balaban J connectivity index is 1.60. The van der Waals surface area contributed by atoms with Gasteiger partial charge in [-0.25, -0.2) is 4.98 Å². The third-order valence-corrected chi connectivity index (χ3v) is 6.51. The Bertz CT molecular complexity index is 1060. The number of carbonyl (C=O) groups is 1. The standard InChI is InChI=1S/C20H17N3O3S2/c1-13-21-15(11-27-13)12-28-19-5-3-2-4-17(19)20(24)22-9-8-14-6-7-16(23(25)26)10-18(14)22/h2-7,10-11H,8-9,12H2,1H3. The van der Waals surface area contributed by atoms with Gasteiger partial charge >= 0.3 is 0 Å². The number of thiazole rings is 1. The Labute approximate surface area is 170 Å². The summed E-state index contributed by atoms with van der Waals surface area (Å²) in [6.45, 7) is 2.50. The van der Waals surface area contributed by atoms with Crippen LogP contribution in [0.25, 0.3) is 0 Å². The molecule has 4 rings (SSSR count). The summed E-state index contributed by atoms with van der Waals surface area (Å²) in [7, 11) is 0. The third kappa shape index (κ3) is 3.65. The number of hydrogen-bond acceptors (Lipinski definition) is 6. The lowest BCUT2D eigenvalue weighted by Crippen LogP contribution is -2.29. The van der Waals surface area contributed by atoms with E-state index in [1.165, 1.54) is 12.1 Å². The van der Waals surface area contributed by atoms with E-state index in [4.69, 9.17) is 0 Å². The van der Waals surface area contributed by atoms with Gasteiger partial charge in [-0.05, 0) is 31.0 Å². The molecule has 0 saturated heterocycles. The highest BCUT2D eigenvalue weighted by Crippen LogP contribution is 2.34. The fourth-order valence-corrected chi connectivity index (χ4v) is 4.89. The van der Waals surface area contributed by atoms with Gasteiger partial charge in [0.05, 0.1) is 26.9 Å². The summed E-state index contributed by atoms with van der Waals surface area (Å²) >= 11 is 3.19. The maximum absolute atomic E-state index is 13.3. The largest absolute Gasteiger partial charge is 0.307 e. The average molecular weight is 412 g/mol. The van der Waals surface area contributed by atoms with Crippen molar-refractivity contribution in [3.8, 4) is 0 Å². The number of nitro groups is 1.